The largest absolute Gasteiger partial charge is 0.352 e. The fourth-order valence-electron chi connectivity index (χ4n) is 3.03. The minimum atomic E-state index is -3.44. The maximum Gasteiger partial charge on any atom is 0.243 e. The van der Waals surface area contributed by atoms with Gasteiger partial charge in [-0.2, -0.15) is 4.31 Å². The molecule has 0 unspecified atom stereocenters. The Labute approximate surface area is 181 Å². The highest BCUT2D eigenvalue weighted by molar-refractivity contribution is 14.0. The van der Waals surface area contributed by atoms with E-state index in [9.17, 15) is 8.42 Å². The van der Waals surface area contributed by atoms with E-state index in [1.807, 2.05) is 26.0 Å². The number of rotatable bonds is 5. The van der Waals surface area contributed by atoms with Crippen molar-refractivity contribution in [3.8, 4) is 0 Å². The van der Waals surface area contributed by atoms with Crippen LogP contribution < -0.4 is 5.32 Å². The Morgan fingerprint density at radius 2 is 1.89 bits per heavy atom. The van der Waals surface area contributed by atoms with Gasteiger partial charge in [0.2, 0.25) is 10.0 Å². The van der Waals surface area contributed by atoms with Crippen LogP contribution in [0.1, 0.15) is 39.7 Å². The number of likely N-dealkylation sites (tertiary alicyclic amines) is 1. The highest BCUT2D eigenvalue weighted by Gasteiger charge is 2.30. The van der Waals surface area contributed by atoms with Crippen molar-refractivity contribution in [2.75, 3.05) is 27.2 Å². The molecule has 8 heteroatoms. The summed E-state index contributed by atoms with van der Waals surface area (Å²) in [6.07, 6.45) is 1.16. The lowest BCUT2D eigenvalue weighted by Crippen LogP contribution is -2.40. The fourth-order valence-corrected chi connectivity index (χ4v) is 4.40. The predicted octanol–water partition coefficient (Wildman–Crippen LogP) is 3.14. The van der Waals surface area contributed by atoms with Crippen LogP contribution in [0, 0.1) is 5.41 Å². The van der Waals surface area contributed by atoms with E-state index < -0.39 is 10.0 Å². The molecular weight excluding hydrogens is 475 g/mol. The number of sulfonamides is 1. The van der Waals surface area contributed by atoms with Gasteiger partial charge in [0, 0.05) is 39.8 Å². The van der Waals surface area contributed by atoms with E-state index in [0.717, 1.165) is 31.0 Å². The summed E-state index contributed by atoms with van der Waals surface area (Å²) in [5.74, 6) is 0.895. The Morgan fingerprint density at radius 3 is 2.33 bits per heavy atom. The molecule has 0 aromatic heterocycles. The first-order valence-electron chi connectivity index (χ1n) is 9.09. The second-order valence-corrected chi connectivity index (χ2v) is 9.99. The minimum absolute atomic E-state index is 0. The van der Waals surface area contributed by atoms with Gasteiger partial charge in [-0.15, -0.1) is 24.0 Å². The van der Waals surface area contributed by atoms with Crippen molar-refractivity contribution in [1.29, 1.82) is 0 Å². The molecule has 0 spiro atoms. The molecule has 1 fully saturated rings. The second kappa shape index (κ2) is 9.56. The molecule has 0 atom stereocenters. The van der Waals surface area contributed by atoms with Gasteiger partial charge in [-0.25, -0.2) is 8.42 Å². The van der Waals surface area contributed by atoms with E-state index in [1.165, 1.54) is 4.31 Å². The highest BCUT2D eigenvalue weighted by atomic mass is 127. The molecule has 0 amide bonds. The molecule has 1 N–H and O–H groups in total. The van der Waals surface area contributed by atoms with Gasteiger partial charge in [-0.05, 0) is 43.4 Å². The number of halogens is 1. The molecular formula is C19H33IN4O2S. The lowest BCUT2D eigenvalue weighted by atomic mass is 9.93. The minimum Gasteiger partial charge on any atom is -0.352 e. The molecule has 0 saturated carbocycles. The fraction of sp³-hybridized carbons (Fsp3) is 0.632. The lowest BCUT2D eigenvalue weighted by molar-refractivity contribution is 0.370. The number of hydrogen-bond donors (Lipinski definition) is 1. The molecule has 0 radical (unpaired) electrons. The van der Waals surface area contributed by atoms with Crippen LogP contribution in [-0.2, 0) is 16.6 Å². The topological polar surface area (TPSA) is 65.0 Å². The van der Waals surface area contributed by atoms with Gasteiger partial charge in [0.15, 0.2) is 5.96 Å². The summed E-state index contributed by atoms with van der Waals surface area (Å²) in [5, 5.41) is 3.38. The van der Waals surface area contributed by atoms with Crippen molar-refractivity contribution in [2.24, 2.45) is 10.4 Å². The maximum atomic E-state index is 12.5. The first kappa shape index (κ1) is 24.2. The van der Waals surface area contributed by atoms with E-state index in [4.69, 9.17) is 0 Å². The normalized spacial score (nSPS) is 17.3. The maximum absolute atomic E-state index is 12.5. The summed E-state index contributed by atoms with van der Waals surface area (Å²) in [7, 11) is -0.0312. The van der Waals surface area contributed by atoms with Gasteiger partial charge < -0.3 is 10.2 Å². The van der Waals surface area contributed by atoms with Crippen molar-refractivity contribution in [1.82, 2.24) is 14.5 Å². The second-order valence-electron chi connectivity index (χ2n) is 8.00. The number of hydrogen-bond acceptors (Lipinski definition) is 3. The summed E-state index contributed by atoms with van der Waals surface area (Å²) in [6, 6.07) is 6.99. The molecule has 27 heavy (non-hydrogen) atoms. The van der Waals surface area contributed by atoms with Crippen molar-refractivity contribution in [3.63, 3.8) is 0 Å². The molecule has 6 nitrogen and oxygen atoms in total. The van der Waals surface area contributed by atoms with Crippen molar-refractivity contribution < 1.29 is 8.42 Å². The molecule has 1 saturated heterocycles. The third-order valence-corrected chi connectivity index (χ3v) is 7.01. The molecule has 0 aliphatic carbocycles. The van der Waals surface area contributed by atoms with Crippen molar-refractivity contribution in [3.05, 3.63) is 29.8 Å². The predicted molar refractivity (Wildman–Crippen MR) is 122 cm³/mol. The number of nitrogens with zero attached hydrogens (tertiary/aromatic N) is 3. The summed E-state index contributed by atoms with van der Waals surface area (Å²) in [6.45, 7) is 10.9. The quantitative estimate of drug-likeness (QED) is 0.377. The van der Waals surface area contributed by atoms with E-state index in [-0.39, 0.29) is 30.0 Å². The summed E-state index contributed by atoms with van der Waals surface area (Å²) >= 11 is 0. The van der Waals surface area contributed by atoms with Crippen LogP contribution in [0.5, 0.6) is 0 Å². The number of guanidine groups is 1. The summed E-state index contributed by atoms with van der Waals surface area (Å²) < 4.78 is 26.4. The zero-order chi connectivity index (χ0) is 19.5. The Bertz CT molecular complexity index is 745. The van der Waals surface area contributed by atoms with Crippen molar-refractivity contribution >= 4 is 40.0 Å². The van der Waals surface area contributed by atoms with Crippen LogP contribution in [0.4, 0.5) is 0 Å². The smallest absolute Gasteiger partial charge is 0.243 e. The Kier molecular flexibility index (Phi) is 8.55. The Morgan fingerprint density at radius 1 is 1.30 bits per heavy atom. The van der Waals surface area contributed by atoms with E-state index in [2.05, 4.69) is 29.1 Å². The average molecular weight is 508 g/mol. The Balaban J connectivity index is 0.00000364. The lowest BCUT2D eigenvalue weighted by Gasteiger charge is -2.24. The Hall–Kier alpha value is -0.870. The van der Waals surface area contributed by atoms with Crippen LogP contribution >= 0.6 is 24.0 Å². The standard InChI is InChI=1S/C19H32N4O2S.HI/c1-15(2)22(6)26(24,25)17-9-7-16(8-10-17)13-21-18(20-5)23-12-11-19(3,4)14-23;/h7-10,15H,11-14H2,1-6H3,(H,20,21);1H. The molecule has 0 bridgehead atoms. The SMILES string of the molecule is CN=C(NCc1ccc(S(=O)(=O)N(C)C(C)C)cc1)N1CCC(C)(C)C1.I. The van der Waals surface area contributed by atoms with E-state index in [1.54, 1.807) is 26.2 Å². The third kappa shape index (κ3) is 6.05. The summed E-state index contributed by atoms with van der Waals surface area (Å²) in [5.41, 5.74) is 1.34. The van der Waals surface area contributed by atoms with E-state index in [0.29, 0.717) is 16.9 Å². The zero-order valence-electron chi connectivity index (χ0n) is 17.2. The van der Waals surface area contributed by atoms with Gasteiger partial charge in [0.1, 0.15) is 0 Å². The van der Waals surface area contributed by atoms with E-state index >= 15 is 0 Å². The van der Waals surface area contributed by atoms with Crippen LogP contribution in [-0.4, -0.2) is 56.8 Å². The first-order valence-corrected chi connectivity index (χ1v) is 10.5. The van der Waals surface area contributed by atoms with Gasteiger partial charge >= 0.3 is 0 Å². The van der Waals surface area contributed by atoms with Gasteiger partial charge in [-0.1, -0.05) is 26.0 Å². The molecule has 1 aliphatic heterocycles. The molecule has 1 aromatic carbocycles. The van der Waals surface area contributed by atoms with Gasteiger partial charge in [0.05, 0.1) is 4.90 Å². The summed E-state index contributed by atoms with van der Waals surface area (Å²) in [4.78, 5) is 6.98. The molecule has 1 aliphatic rings. The average Bonchev–Trinajstić information content (AvgIpc) is 2.95. The molecule has 2 rings (SSSR count). The zero-order valence-corrected chi connectivity index (χ0v) is 20.3. The van der Waals surface area contributed by atoms with Crippen LogP contribution in [0.25, 0.3) is 0 Å². The number of nitrogens with one attached hydrogen (secondary N) is 1. The third-order valence-electron chi connectivity index (χ3n) is 4.97. The highest BCUT2D eigenvalue weighted by Crippen LogP contribution is 2.28. The molecule has 1 heterocycles. The number of benzene rings is 1. The van der Waals surface area contributed by atoms with Crippen LogP contribution in [0.3, 0.4) is 0 Å². The van der Waals surface area contributed by atoms with Crippen LogP contribution in [0.2, 0.25) is 0 Å². The van der Waals surface area contributed by atoms with Gasteiger partial charge in [-0.3, -0.25) is 4.99 Å². The first-order chi connectivity index (χ1) is 12.1. The van der Waals surface area contributed by atoms with Crippen LogP contribution in [0.15, 0.2) is 34.2 Å². The molecule has 154 valence electrons. The monoisotopic (exact) mass is 508 g/mol. The van der Waals surface area contributed by atoms with Crippen molar-refractivity contribution in [2.45, 2.75) is 51.6 Å². The number of aliphatic imine (C=N–C) groups is 1. The molecule has 1 aromatic rings. The van der Waals surface area contributed by atoms with Gasteiger partial charge in [0.25, 0.3) is 0 Å².